The maximum absolute atomic E-state index is 6.05. The molecule has 2 aromatic carbocycles. The van der Waals surface area contributed by atoms with Crippen LogP contribution in [-0.4, -0.2) is 31.7 Å². The Kier molecular flexibility index (Phi) is 5.81. The lowest BCUT2D eigenvalue weighted by Crippen LogP contribution is -2.12. The molecule has 0 atom stereocenters. The first-order chi connectivity index (χ1) is 14.7. The van der Waals surface area contributed by atoms with Crippen LogP contribution in [-0.2, 0) is 0 Å². The highest BCUT2D eigenvalue weighted by atomic mass is 32.1. The molecule has 0 aliphatic carbocycles. The number of aromatic nitrogens is 1. The summed E-state index contributed by atoms with van der Waals surface area (Å²) in [6.45, 7) is 4.25. The molecule has 0 radical (unpaired) electrons. The lowest BCUT2D eigenvalue weighted by Gasteiger charge is -2.09. The highest BCUT2D eigenvalue weighted by Gasteiger charge is 2.13. The van der Waals surface area contributed by atoms with Gasteiger partial charge in [-0.1, -0.05) is 30.3 Å². The molecule has 30 heavy (non-hydrogen) atoms. The number of fused-ring (bicyclic) bond motifs is 1. The van der Waals surface area contributed by atoms with Crippen molar-refractivity contribution in [1.82, 2.24) is 4.68 Å². The van der Waals surface area contributed by atoms with E-state index >= 15 is 0 Å². The second kappa shape index (κ2) is 8.84. The Morgan fingerprint density at radius 1 is 1.13 bits per heavy atom. The molecule has 152 valence electrons. The fourth-order valence-electron chi connectivity index (χ4n) is 3.07. The predicted molar refractivity (Wildman–Crippen MR) is 121 cm³/mol. The predicted octanol–water partition coefficient (Wildman–Crippen LogP) is 4.95. The quantitative estimate of drug-likeness (QED) is 0.315. The SMILES string of the molecule is C=CCN=c1scc(-c2cc3ccccc3o2)n1/N=C\c1cccc(OC)c1OC. The number of furan rings is 1. The Bertz CT molecular complexity index is 1250. The highest BCUT2D eigenvalue weighted by Crippen LogP contribution is 2.30. The first-order valence-electron chi connectivity index (χ1n) is 9.31. The van der Waals surface area contributed by atoms with E-state index in [0.717, 1.165) is 32.8 Å². The van der Waals surface area contributed by atoms with Gasteiger partial charge in [-0.25, -0.2) is 4.68 Å². The number of hydrogen-bond donors (Lipinski definition) is 0. The van der Waals surface area contributed by atoms with Crippen LogP contribution in [0.4, 0.5) is 0 Å². The van der Waals surface area contributed by atoms with Crippen LogP contribution < -0.4 is 14.3 Å². The monoisotopic (exact) mass is 419 g/mol. The molecule has 0 amide bonds. The van der Waals surface area contributed by atoms with Gasteiger partial charge < -0.3 is 13.9 Å². The Morgan fingerprint density at radius 2 is 2.00 bits per heavy atom. The standard InChI is InChI=1S/C23H21N3O3S/c1-4-12-24-23-26(25-14-17-9-7-11-20(27-2)22(17)28-3)18(15-30-23)21-13-16-8-5-6-10-19(16)29-21/h4-11,13-15H,1,12H2,2-3H3/b24-23?,25-14-. The van der Waals surface area contributed by atoms with Gasteiger partial charge in [0.25, 0.3) is 0 Å². The average Bonchev–Trinajstić information content (AvgIpc) is 3.39. The number of hydrogen-bond acceptors (Lipinski definition) is 6. The van der Waals surface area contributed by atoms with Gasteiger partial charge in [0, 0.05) is 16.3 Å². The van der Waals surface area contributed by atoms with Gasteiger partial charge in [-0.15, -0.1) is 17.9 Å². The zero-order chi connectivity index (χ0) is 20.9. The van der Waals surface area contributed by atoms with E-state index in [9.17, 15) is 0 Å². The van der Waals surface area contributed by atoms with Gasteiger partial charge in [-0.05, 0) is 24.3 Å². The highest BCUT2D eigenvalue weighted by molar-refractivity contribution is 7.07. The molecule has 4 aromatic rings. The van der Waals surface area contributed by atoms with Crippen molar-refractivity contribution in [3.63, 3.8) is 0 Å². The van der Waals surface area contributed by atoms with Gasteiger partial charge in [-0.3, -0.25) is 4.99 Å². The van der Waals surface area contributed by atoms with E-state index in [1.807, 2.05) is 53.9 Å². The topological polar surface area (TPSA) is 61.2 Å². The molecule has 0 N–H and O–H groups in total. The van der Waals surface area contributed by atoms with Crippen molar-refractivity contribution >= 4 is 28.5 Å². The van der Waals surface area contributed by atoms with E-state index in [4.69, 9.17) is 19.0 Å². The summed E-state index contributed by atoms with van der Waals surface area (Å²) in [4.78, 5) is 5.30. The van der Waals surface area contributed by atoms with Crippen molar-refractivity contribution in [1.29, 1.82) is 0 Å². The molecular weight excluding hydrogens is 398 g/mol. The Labute approximate surface area is 178 Å². The summed E-state index contributed by atoms with van der Waals surface area (Å²) in [5.41, 5.74) is 2.44. The summed E-state index contributed by atoms with van der Waals surface area (Å²) in [7, 11) is 3.22. The van der Waals surface area contributed by atoms with Crippen LogP contribution in [0.1, 0.15) is 5.56 Å². The number of nitrogens with zero attached hydrogens (tertiary/aromatic N) is 3. The summed E-state index contributed by atoms with van der Waals surface area (Å²) in [5, 5.41) is 7.72. The van der Waals surface area contributed by atoms with E-state index < -0.39 is 0 Å². The average molecular weight is 420 g/mol. The van der Waals surface area contributed by atoms with Crippen molar-refractivity contribution in [3.8, 4) is 23.0 Å². The van der Waals surface area contributed by atoms with Crippen LogP contribution >= 0.6 is 11.3 Å². The number of ether oxygens (including phenoxy) is 2. The Morgan fingerprint density at radius 3 is 2.77 bits per heavy atom. The number of thiazole rings is 1. The van der Waals surface area contributed by atoms with Crippen molar-refractivity contribution in [3.05, 3.63) is 76.9 Å². The number of rotatable bonds is 7. The molecule has 7 heteroatoms. The van der Waals surface area contributed by atoms with E-state index in [1.165, 1.54) is 11.3 Å². The fraction of sp³-hybridized carbons (Fsp3) is 0.130. The van der Waals surface area contributed by atoms with Gasteiger partial charge in [0.1, 0.15) is 11.3 Å². The molecule has 0 fully saturated rings. The lowest BCUT2D eigenvalue weighted by molar-refractivity contribution is 0.354. The minimum absolute atomic E-state index is 0.498. The molecular formula is C23H21N3O3S. The van der Waals surface area contributed by atoms with Crippen LogP contribution in [0.2, 0.25) is 0 Å². The molecule has 4 rings (SSSR count). The first kappa shape index (κ1) is 19.7. The van der Waals surface area contributed by atoms with Gasteiger partial charge >= 0.3 is 0 Å². The van der Waals surface area contributed by atoms with E-state index in [-0.39, 0.29) is 0 Å². The molecule has 0 aliphatic heterocycles. The molecule has 0 saturated heterocycles. The summed E-state index contributed by atoms with van der Waals surface area (Å²) in [6.07, 6.45) is 3.48. The second-order valence-corrected chi connectivity index (χ2v) is 7.16. The maximum atomic E-state index is 6.05. The largest absolute Gasteiger partial charge is 0.493 e. The van der Waals surface area contributed by atoms with Crippen LogP contribution in [0.3, 0.4) is 0 Å². The maximum Gasteiger partial charge on any atom is 0.206 e. The number of methoxy groups -OCH3 is 2. The third-order valence-electron chi connectivity index (χ3n) is 4.46. The van der Waals surface area contributed by atoms with E-state index in [2.05, 4.69) is 11.6 Å². The summed E-state index contributed by atoms with van der Waals surface area (Å²) < 4.78 is 18.7. The minimum atomic E-state index is 0.498. The first-order valence-corrected chi connectivity index (χ1v) is 10.2. The fourth-order valence-corrected chi connectivity index (χ4v) is 3.90. The minimum Gasteiger partial charge on any atom is -0.493 e. The van der Waals surface area contributed by atoms with Crippen LogP contribution in [0.25, 0.3) is 22.4 Å². The van der Waals surface area contributed by atoms with Crippen LogP contribution in [0.15, 0.2) is 81.1 Å². The summed E-state index contributed by atoms with van der Waals surface area (Å²) >= 11 is 1.49. The zero-order valence-electron chi connectivity index (χ0n) is 16.7. The van der Waals surface area contributed by atoms with Gasteiger partial charge in [0.2, 0.25) is 4.80 Å². The number of benzene rings is 2. The van der Waals surface area contributed by atoms with E-state index in [0.29, 0.717) is 18.0 Å². The second-order valence-electron chi connectivity index (χ2n) is 6.32. The number of para-hydroxylation sites is 2. The molecule has 0 saturated carbocycles. The van der Waals surface area contributed by atoms with Crippen LogP contribution in [0, 0.1) is 0 Å². The van der Waals surface area contributed by atoms with Crippen molar-refractivity contribution in [2.45, 2.75) is 0 Å². The van der Waals surface area contributed by atoms with Crippen molar-refractivity contribution < 1.29 is 13.9 Å². The Balaban J connectivity index is 1.83. The molecule has 0 bridgehead atoms. The third-order valence-corrected chi connectivity index (χ3v) is 5.32. The molecule has 0 unspecified atom stereocenters. The molecule has 6 nitrogen and oxygen atoms in total. The van der Waals surface area contributed by atoms with Gasteiger partial charge in [0.15, 0.2) is 17.3 Å². The normalized spacial score (nSPS) is 12.0. The van der Waals surface area contributed by atoms with Gasteiger partial charge in [0.05, 0.1) is 27.0 Å². The van der Waals surface area contributed by atoms with Gasteiger partial charge in [-0.2, -0.15) is 5.10 Å². The zero-order valence-corrected chi connectivity index (χ0v) is 17.6. The van der Waals surface area contributed by atoms with Crippen LogP contribution in [0.5, 0.6) is 11.5 Å². The van der Waals surface area contributed by atoms with Crippen molar-refractivity contribution in [2.75, 3.05) is 20.8 Å². The third kappa shape index (κ3) is 3.79. The van der Waals surface area contributed by atoms with E-state index in [1.54, 1.807) is 31.2 Å². The lowest BCUT2D eigenvalue weighted by atomic mass is 10.2. The molecule has 2 aromatic heterocycles. The molecule has 0 spiro atoms. The Hall–Kier alpha value is -3.58. The smallest absolute Gasteiger partial charge is 0.206 e. The molecule has 2 heterocycles. The molecule has 0 aliphatic rings. The van der Waals surface area contributed by atoms with Crippen molar-refractivity contribution in [2.24, 2.45) is 10.1 Å². The summed E-state index contributed by atoms with van der Waals surface area (Å²) in [6, 6.07) is 15.6. The summed E-state index contributed by atoms with van der Waals surface area (Å²) in [5.74, 6) is 1.99.